The molecule has 0 saturated heterocycles. The highest BCUT2D eigenvalue weighted by Gasteiger charge is 2.35. The number of carbonyl (C=O) groups excluding carboxylic acids is 3. The first-order chi connectivity index (χ1) is 22.2. The highest BCUT2D eigenvalue weighted by Crippen LogP contribution is 2.39. The van der Waals surface area contributed by atoms with Gasteiger partial charge in [0.25, 0.3) is 0 Å². The third kappa shape index (κ3) is 10.3. The molecule has 2 heterocycles. The largest absolute Gasteiger partial charge is 0.461 e. The number of amides is 1. The Bertz CT molecular complexity index is 1490. The Labute approximate surface area is 283 Å². The maximum absolute atomic E-state index is 13.2. The van der Waals surface area contributed by atoms with Crippen molar-refractivity contribution < 1.29 is 28.6 Å². The molecule has 1 unspecified atom stereocenters. The summed E-state index contributed by atoms with van der Waals surface area (Å²) in [6, 6.07) is 3.78. The number of terminal acetylenes is 1. The van der Waals surface area contributed by atoms with E-state index in [0.29, 0.717) is 49.1 Å². The minimum Gasteiger partial charge on any atom is -0.461 e. The Hall–Kier alpha value is -3.88. The summed E-state index contributed by atoms with van der Waals surface area (Å²) in [5, 5.41) is 6.11. The van der Waals surface area contributed by atoms with Crippen LogP contribution in [0.15, 0.2) is 12.1 Å². The molecular weight excluding hydrogens is 622 g/mol. The zero-order valence-corrected chi connectivity index (χ0v) is 29.4. The van der Waals surface area contributed by atoms with E-state index in [-0.39, 0.29) is 24.2 Å². The van der Waals surface area contributed by atoms with E-state index in [1.54, 1.807) is 6.07 Å². The van der Waals surface area contributed by atoms with Crippen molar-refractivity contribution in [2.45, 2.75) is 104 Å². The molecule has 2 aromatic rings. The molecule has 0 aliphatic carbocycles. The number of anilines is 3. The number of hydrogen-bond acceptors (Lipinski definition) is 10. The van der Waals surface area contributed by atoms with E-state index in [2.05, 4.69) is 33.4 Å². The van der Waals surface area contributed by atoms with Gasteiger partial charge in [-0.3, -0.25) is 14.4 Å². The molecule has 0 spiro atoms. The average molecular weight is 670 g/mol. The number of methoxy groups -OCH3 is 1. The number of nitrogens with one attached hydrogen (secondary N) is 2. The van der Waals surface area contributed by atoms with Crippen LogP contribution in [0.4, 0.5) is 17.3 Å². The lowest BCUT2D eigenvalue weighted by atomic mass is 9.78. The molecule has 256 valence electrons. The molecule has 0 radical (unpaired) electrons. The maximum Gasteiger partial charge on any atom is 0.308 e. The van der Waals surface area contributed by atoms with Crippen molar-refractivity contribution in [3.63, 3.8) is 0 Å². The first kappa shape index (κ1) is 37.6. The molecule has 0 fully saturated rings. The predicted molar refractivity (Wildman–Crippen MR) is 184 cm³/mol. The molecule has 1 atom stereocenters. The molecule has 1 aliphatic heterocycles. The van der Waals surface area contributed by atoms with Crippen LogP contribution >= 0.6 is 11.6 Å². The van der Waals surface area contributed by atoms with Crippen LogP contribution in [0.1, 0.15) is 95.8 Å². The van der Waals surface area contributed by atoms with Crippen molar-refractivity contribution in [3.05, 3.63) is 34.1 Å². The number of ether oxygens (including phenoxy) is 3. The second-order valence-corrected chi connectivity index (χ2v) is 13.1. The fraction of sp³-hybridized carbons (Fsp3) is 0.571. The molecule has 2 N–H and O–H groups in total. The van der Waals surface area contributed by atoms with E-state index in [4.69, 9.17) is 32.2 Å². The number of aromatic nitrogens is 2. The Kier molecular flexibility index (Phi) is 13.4. The summed E-state index contributed by atoms with van der Waals surface area (Å²) in [5.74, 6) is 2.91. The normalized spacial score (nSPS) is 13.6. The SMILES string of the molecule is C#CC(CCN1CNc2c(NC(=O)CCCCCCC)nc(Cl)nc21)(COC(=O)CC(C)(C)c1c(C)cc(C)cc1OC(C)=O)OC. The number of aryl methyl sites for hydroxylation is 2. The second kappa shape index (κ2) is 16.8. The lowest BCUT2D eigenvalue weighted by molar-refractivity contribution is -0.151. The summed E-state index contributed by atoms with van der Waals surface area (Å²) < 4.78 is 16.9. The number of hydrogen-bond donors (Lipinski definition) is 2. The molecule has 11 nitrogen and oxygen atoms in total. The lowest BCUT2D eigenvalue weighted by Gasteiger charge is -2.31. The van der Waals surface area contributed by atoms with Crippen molar-refractivity contribution >= 4 is 46.8 Å². The van der Waals surface area contributed by atoms with Crippen LogP contribution in [0.3, 0.4) is 0 Å². The molecule has 47 heavy (non-hydrogen) atoms. The smallest absolute Gasteiger partial charge is 0.308 e. The predicted octanol–water partition coefficient (Wildman–Crippen LogP) is 6.48. The van der Waals surface area contributed by atoms with Crippen molar-refractivity contribution in [2.75, 3.05) is 42.5 Å². The summed E-state index contributed by atoms with van der Waals surface area (Å²) in [7, 11) is 1.48. The van der Waals surface area contributed by atoms with Gasteiger partial charge < -0.3 is 29.7 Å². The van der Waals surface area contributed by atoms with Crippen LogP contribution in [-0.2, 0) is 29.3 Å². The number of rotatable bonds is 17. The molecular formula is C35H48ClN5O6. The summed E-state index contributed by atoms with van der Waals surface area (Å²) in [6.45, 7) is 11.7. The summed E-state index contributed by atoms with van der Waals surface area (Å²) in [6.07, 6.45) is 11.9. The molecule has 12 heteroatoms. The van der Waals surface area contributed by atoms with Crippen LogP contribution in [0, 0.1) is 26.2 Å². The minimum atomic E-state index is -1.21. The Morgan fingerprint density at radius 2 is 1.87 bits per heavy atom. The Balaban J connectivity index is 1.65. The topological polar surface area (TPSA) is 132 Å². The second-order valence-electron chi connectivity index (χ2n) is 12.7. The summed E-state index contributed by atoms with van der Waals surface area (Å²) >= 11 is 6.25. The number of fused-ring (bicyclic) bond motifs is 1. The van der Waals surface area contributed by atoms with Gasteiger partial charge in [0.1, 0.15) is 18.0 Å². The number of unbranched alkanes of at least 4 members (excludes halogenated alkanes) is 4. The van der Waals surface area contributed by atoms with Crippen LogP contribution in [0.25, 0.3) is 0 Å². The zero-order valence-electron chi connectivity index (χ0n) is 28.7. The first-order valence-electron chi connectivity index (χ1n) is 16.1. The van der Waals surface area contributed by atoms with Crippen molar-refractivity contribution in [3.8, 4) is 18.1 Å². The monoisotopic (exact) mass is 669 g/mol. The van der Waals surface area contributed by atoms with Crippen LogP contribution in [0.2, 0.25) is 5.28 Å². The minimum absolute atomic E-state index is 0.00266. The molecule has 3 rings (SSSR count). The van der Waals surface area contributed by atoms with E-state index in [1.807, 2.05) is 38.7 Å². The van der Waals surface area contributed by atoms with E-state index in [0.717, 1.165) is 48.8 Å². The van der Waals surface area contributed by atoms with Crippen molar-refractivity contribution in [2.24, 2.45) is 0 Å². The highest BCUT2D eigenvalue weighted by molar-refractivity contribution is 6.28. The van der Waals surface area contributed by atoms with Gasteiger partial charge in [0.15, 0.2) is 17.2 Å². The van der Waals surface area contributed by atoms with Gasteiger partial charge >= 0.3 is 11.9 Å². The van der Waals surface area contributed by atoms with E-state index in [1.165, 1.54) is 14.0 Å². The van der Waals surface area contributed by atoms with Gasteiger partial charge in [0, 0.05) is 44.4 Å². The van der Waals surface area contributed by atoms with Gasteiger partial charge in [0.05, 0.1) is 13.1 Å². The quantitative estimate of drug-likeness (QED) is 0.0634. The fourth-order valence-electron chi connectivity index (χ4n) is 5.87. The molecule has 1 aliphatic rings. The van der Waals surface area contributed by atoms with Crippen LogP contribution in [-0.4, -0.2) is 60.3 Å². The lowest BCUT2D eigenvalue weighted by Crippen LogP contribution is -2.41. The van der Waals surface area contributed by atoms with Crippen molar-refractivity contribution in [1.82, 2.24) is 9.97 Å². The standard InChI is InChI=1S/C35H48ClN5O6/c1-9-11-12-13-14-15-27(43)38-31-30-32(40-33(36)39-31)41(22-37-30)17-16-35(10-2,45-8)21-46-28(44)20-34(6,7)29-24(4)18-23(3)19-26(29)47-25(5)42/h2,18-19,37H,9,11-17,20-22H2,1,3-8H3,(H,38,39,40,43). The van der Waals surface area contributed by atoms with Crippen LogP contribution < -0.4 is 20.3 Å². The van der Waals surface area contributed by atoms with Gasteiger partial charge in [-0.15, -0.1) is 6.42 Å². The molecule has 1 amide bonds. The molecule has 1 aromatic heterocycles. The molecule has 0 saturated carbocycles. The van der Waals surface area contributed by atoms with E-state index in [9.17, 15) is 14.4 Å². The average Bonchev–Trinajstić information content (AvgIpc) is 3.39. The van der Waals surface area contributed by atoms with E-state index < -0.39 is 23.0 Å². The maximum atomic E-state index is 13.2. The third-order valence-corrected chi connectivity index (χ3v) is 8.41. The number of carbonyl (C=O) groups is 3. The molecule has 0 bridgehead atoms. The van der Waals surface area contributed by atoms with Gasteiger partial charge in [-0.1, -0.05) is 58.4 Å². The van der Waals surface area contributed by atoms with Gasteiger partial charge in [-0.2, -0.15) is 9.97 Å². The first-order valence-corrected chi connectivity index (χ1v) is 16.5. The van der Waals surface area contributed by atoms with Crippen molar-refractivity contribution in [1.29, 1.82) is 0 Å². The number of esters is 2. The number of benzene rings is 1. The number of halogens is 1. The van der Waals surface area contributed by atoms with Gasteiger partial charge in [0.2, 0.25) is 11.2 Å². The van der Waals surface area contributed by atoms with Gasteiger partial charge in [-0.05, 0) is 49.1 Å². The van der Waals surface area contributed by atoms with Crippen LogP contribution in [0.5, 0.6) is 5.75 Å². The zero-order chi connectivity index (χ0) is 34.8. The molecule has 1 aromatic carbocycles. The van der Waals surface area contributed by atoms with Gasteiger partial charge in [-0.25, -0.2) is 0 Å². The summed E-state index contributed by atoms with van der Waals surface area (Å²) in [4.78, 5) is 48.1. The third-order valence-electron chi connectivity index (χ3n) is 8.24. The Morgan fingerprint density at radius 1 is 1.15 bits per heavy atom. The van der Waals surface area contributed by atoms with E-state index >= 15 is 0 Å². The highest BCUT2D eigenvalue weighted by atomic mass is 35.5. The number of nitrogens with zero attached hydrogens (tertiary/aromatic N) is 3. The fourth-order valence-corrected chi connectivity index (χ4v) is 6.04. The summed E-state index contributed by atoms with van der Waals surface area (Å²) in [5.41, 5.74) is 1.26. The Morgan fingerprint density at radius 3 is 2.53 bits per heavy atom.